The zero-order valence-corrected chi connectivity index (χ0v) is 9.48. The largest absolute Gasteiger partial charge is 0.463 e. The van der Waals surface area contributed by atoms with Crippen molar-refractivity contribution in [2.75, 3.05) is 6.61 Å². The molecule has 3 heteroatoms. The molecule has 0 aliphatic heterocycles. The Morgan fingerprint density at radius 2 is 2.29 bits per heavy atom. The molecule has 1 heterocycles. The predicted molar refractivity (Wildman–Crippen MR) is 59.5 cm³/mol. The van der Waals surface area contributed by atoms with Gasteiger partial charge < -0.3 is 4.74 Å². The van der Waals surface area contributed by atoms with Gasteiger partial charge >= 0.3 is 5.97 Å². The fourth-order valence-electron chi connectivity index (χ4n) is 1.17. The smallest absolute Gasteiger partial charge is 0.330 e. The second-order valence-electron chi connectivity index (χ2n) is 2.97. The number of aryl methyl sites for hydroxylation is 2. The first-order valence-electron chi connectivity index (χ1n) is 4.54. The van der Waals surface area contributed by atoms with Crippen LogP contribution in [0.15, 0.2) is 11.5 Å². The third-order valence-corrected chi connectivity index (χ3v) is 2.93. The van der Waals surface area contributed by atoms with Crippen LogP contribution >= 0.6 is 11.3 Å². The molecule has 0 bridgehead atoms. The van der Waals surface area contributed by atoms with E-state index in [1.54, 1.807) is 18.3 Å². The lowest BCUT2D eigenvalue weighted by Crippen LogP contribution is -1.98. The highest BCUT2D eigenvalue weighted by Gasteiger charge is 2.01. The van der Waals surface area contributed by atoms with Gasteiger partial charge in [0, 0.05) is 11.0 Å². The summed E-state index contributed by atoms with van der Waals surface area (Å²) in [5, 5.41) is 2.08. The van der Waals surface area contributed by atoms with Crippen LogP contribution < -0.4 is 0 Å². The van der Waals surface area contributed by atoms with Gasteiger partial charge in [-0.05, 0) is 43.4 Å². The Labute approximate surface area is 88.2 Å². The quantitative estimate of drug-likeness (QED) is 0.566. The number of ether oxygens (including phenoxy) is 1. The molecular formula is C11H14O2S. The van der Waals surface area contributed by atoms with Crippen LogP contribution in [0.25, 0.3) is 6.08 Å². The summed E-state index contributed by atoms with van der Waals surface area (Å²) in [6, 6.07) is 0. The van der Waals surface area contributed by atoms with E-state index in [1.807, 2.05) is 19.9 Å². The third kappa shape index (κ3) is 2.70. The number of thiophene rings is 1. The zero-order chi connectivity index (χ0) is 10.6. The Bertz CT molecular complexity index is 331. The van der Waals surface area contributed by atoms with Crippen LogP contribution in [-0.4, -0.2) is 12.6 Å². The minimum Gasteiger partial charge on any atom is -0.463 e. The van der Waals surface area contributed by atoms with Gasteiger partial charge in [0.05, 0.1) is 6.61 Å². The summed E-state index contributed by atoms with van der Waals surface area (Å²) in [6.45, 7) is 6.30. The molecule has 2 nitrogen and oxygen atoms in total. The lowest BCUT2D eigenvalue weighted by atomic mass is 10.1. The molecule has 76 valence electrons. The molecule has 1 rings (SSSR count). The number of esters is 1. The van der Waals surface area contributed by atoms with Crippen LogP contribution in [-0.2, 0) is 9.53 Å². The molecule has 14 heavy (non-hydrogen) atoms. The molecule has 0 unspecified atom stereocenters. The second kappa shape index (κ2) is 4.96. The molecule has 0 radical (unpaired) electrons. The van der Waals surface area contributed by atoms with E-state index < -0.39 is 0 Å². The van der Waals surface area contributed by atoms with E-state index in [1.165, 1.54) is 16.5 Å². The summed E-state index contributed by atoms with van der Waals surface area (Å²) < 4.78 is 4.80. The highest BCUT2D eigenvalue weighted by atomic mass is 32.1. The number of hydrogen-bond acceptors (Lipinski definition) is 3. The van der Waals surface area contributed by atoms with Crippen molar-refractivity contribution >= 4 is 23.4 Å². The van der Waals surface area contributed by atoms with E-state index in [2.05, 4.69) is 5.38 Å². The summed E-state index contributed by atoms with van der Waals surface area (Å²) in [7, 11) is 0. The van der Waals surface area contributed by atoms with Gasteiger partial charge in [0.1, 0.15) is 0 Å². The average Bonchev–Trinajstić information content (AvgIpc) is 2.44. The number of carbonyl (C=O) groups is 1. The van der Waals surface area contributed by atoms with E-state index in [-0.39, 0.29) is 5.97 Å². The Morgan fingerprint density at radius 3 is 2.79 bits per heavy atom. The molecule has 0 atom stereocenters. The predicted octanol–water partition coefficient (Wildman–Crippen LogP) is 2.94. The second-order valence-corrected chi connectivity index (χ2v) is 4.06. The first kappa shape index (κ1) is 11.0. The average molecular weight is 210 g/mol. The monoisotopic (exact) mass is 210 g/mol. The normalized spacial score (nSPS) is 10.8. The van der Waals surface area contributed by atoms with E-state index in [4.69, 9.17) is 4.74 Å². The number of hydrogen-bond donors (Lipinski definition) is 0. The third-order valence-electron chi connectivity index (χ3n) is 1.89. The van der Waals surface area contributed by atoms with Crippen molar-refractivity contribution in [2.24, 2.45) is 0 Å². The lowest BCUT2D eigenvalue weighted by molar-refractivity contribution is -0.137. The Morgan fingerprint density at radius 1 is 1.57 bits per heavy atom. The fraction of sp³-hybridized carbons (Fsp3) is 0.364. The first-order valence-corrected chi connectivity index (χ1v) is 5.42. The molecule has 0 amide bonds. The van der Waals surface area contributed by atoms with Crippen LogP contribution in [0.4, 0.5) is 0 Å². The number of carbonyl (C=O) groups excluding carboxylic acids is 1. The van der Waals surface area contributed by atoms with Crippen molar-refractivity contribution in [3.63, 3.8) is 0 Å². The van der Waals surface area contributed by atoms with Crippen molar-refractivity contribution in [2.45, 2.75) is 20.8 Å². The maximum absolute atomic E-state index is 11.1. The molecule has 0 aliphatic carbocycles. The first-order chi connectivity index (χ1) is 6.65. The standard InChI is InChI=1S/C11H14O2S/c1-4-13-11(12)6-5-10-8(2)7-14-9(10)3/h5-7H,4H2,1-3H3/b6-5+. The van der Waals surface area contributed by atoms with Crippen molar-refractivity contribution in [1.82, 2.24) is 0 Å². The molecule has 0 fully saturated rings. The van der Waals surface area contributed by atoms with Crippen molar-refractivity contribution in [3.8, 4) is 0 Å². The lowest BCUT2D eigenvalue weighted by Gasteiger charge is -1.96. The molecule has 0 N–H and O–H groups in total. The van der Waals surface area contributed by atoms with Gasteiger partial charge in [0.15, 0.2) is 0 Å². The SMILES string of the molecule is CCOC(=O)/C=C/c1c(C)csc1C. The van der Waals surface area contributed by atoms with Gasteiger partial charge in [0.25, 0.3) is 0 Å². The molecule has 1 aromatic heterocycles. The van der Waals surface area contributed by atoms with Crippen LogP contribution in [0, 0.1) is 13.8 Å². The fourth-order valence-corrected chi connectivity index (χ4v) is 2.01. The Kier molecular flexibility index (Phi) is 3.89. The summed E-state index contributed by atoms with van der Waals surface area (Å²) in [4.78, 5) is 12.3. The van der Waals surface area contributed by atoms with Crippen molar-refractivity contribution < 1.29 is 9.53 Å². The van der Waals surface area contributed by atoms with E-state index in [0.717, 1.165) is 5.56 Å². The van der Waals surface area contributed by atoms with Gasteiger partial charge in [-0.25, -0.2) is 4.79 Å². The van der Waals surface area contributed by atoms with Crippen molar-refractivity contribution in [3.05, 3.63) is 27.5 Å². The molecule has 0 aromatic carbocycles. The Hall–Kier alpha value is -1.09. The minimum absolute atomic E-state index is 0.280. The van der Waals surface area contributed by atoms with Gasteiger partial charge in [-0.1, -0.05) is 0 Å². The van der Waals surface area contributed by atoms with Gasteiger partial charge in [-0.2, -0.15) is 0 Å². The maximum Gasteiger partial charge on any atom is 0.330 e. The van der Waals surface area contributed by atoms with E-state index in [9.17, 15) is 4.79 Å². The van der Waals surface area contributed by atoms with E-state index in [0.29, 0.717) is 6.61 Å². The minimum atomic E-state index is -0.280. The van der Waals surface area contributed by atoms with Gasteiger partial charge in [-0.3, -0.25) is 0 Å². The van der Waals surface area contributed by atoms with Crippen LogP contribution in [0.5, 0.6) is 0 Å². The molecule has 0 aliphatic rings. The van der Waals surface area contributed by atoms with Crippen LogP contribution in [0.2, 0.25) is 0 Å². The van der Waals surface area contributed by atoms with Crippen LogP contribution in [0.3, 0.4) is 0 Å². The number of rotatable bonds is 3. The highest BCUT2D eigenvalue weighted by molar-refractivity contribution is 7.10. The van der Waals surface area contributed by atoms with Gasteiger partial charge in [-0.15, -0.1) is 11.3 Å². The zero-order valence-electron chi connectivity index (χ0n) is 8.66. The topological polar surface area (TPSA) is 26.3 Å². The van der Waals surface area contributed by atoms with Crippen molar-refractivity contribution in [1.29, 1.82) is 0 Å². The molecule has 0 saturated heterocycles. The van der Waals surface area contributed by atoms with Crippen LogP contribution in [0.1, 0.15) is 22.9 Å². The molecule has 0 saturated carbocycles. The maximum atomic E-state index is 11.1. The summed E-state index contributed by atoms with van der Waals surface area (Å²) in [6.07, 6.45) is 3.30. The highest BCUT2D eigenvalue weighted by Crippen LogP contribution is 2.21. The van der Waals surface area contributed by atoms with E-state index >= 15 is 0 Å². The summed E-state index contributed by atoms with van der Waals surface area (Å²) in [5.41, 5.74) is 2.33. The molecule has 0 spiro atoms. The summed E-state index contributed by atoms with van der Waals surface area (Å²) >= 11 is 1.69. The van der Waals surface area contributed by atoms with Gasteiger partial charge in [0.2, 0.25) is 0 Å². The molecular weight excluding hydrogens is 196 g/mol. The Balaban J connectivity index is 2.73. The molecule has 1 aromatic rings. The summed E-state index contributed by atoms with van der Waals surface area (Å²) in [5.74, 6) is -0.280.